The lowest BCUT2D eigenvalue weighted by Gasteiger charge is -1.94. The Morgan fingerprint density at radius 3 is 2.20 bits per heavy atom. The van der Waals surface area contributed by atoms with Crippen LogP contribution in [0.2, 0.25) is 0 Å². The second kappa shape index (κ2) is 10.4. The summed E-state index contributed by atoms with van der Waals surface area (Å²) in [6.45, 7) is 6.14. The number of carbonyl (C=O) groups is 1. The van der Waals surface area contributed by atoms with Gasteiger partial charge in [0.2, 0.25) is 0 Å². The minimum Gasteiger partial charge on any atom is -0.328 e. The number of aldehydes is 1. The number of hydrogen-bond donors (Lipinski definition) is 1. The lowest BCUT2D eigenvalue weighted by Crippen LogP contribution is -1.81. The van der Waals surface area contributed by atoms with Crippen LogP contribution in [0.1, 0.15) is 33.6 Å². The second-order valence-corrected chi connectivity index (χ2v) is 3.21. The smallest absolute Gasteiger partial charge is 0.291 e. The molecule has 0 fully saturated rings. The van der Waals surface area contributed by atoms with Gasteiger partial charge >= 0.3 is 0 Å². The maximum atomic E-state index is 10.0. The summed E-state index contributed by atoms with van der Waals surface area (Å²) in [6.07, 6.45) is 6.68. The Balaban J connectivity index is 0. The SMILES string of the molecule is CC(C)=CCC/C(C)=C\C=O.O=[N+]([O-])O. The minimum absolute atomic E-state index is 0.845. The molecule has 0 spiro atoms. The zero-order chi connectivity index (χ0) is 12.3. The topological polar surface area (TPSA) is 80.4 Å². The Morgan fingerprint density at radius 2 is 1.87 bits per heavy atom. The molecule has 5 heteroatoms. The first-order valence-corrected chi connectivity index (χ1v) is 4.47. The van der Waals surface area contributed by atoms with E-state index in [2.05, 4.69) is 19.9 Å². The molecule has 0 bridgehead atoms. The molecule has 0 aromatic rings. The van der Waals surface area contributed by atoms with E-state index in [1.165, 1.54) is 5.57 Å². The molecule has 0 aliphatic carbocycles. The molecule has 5 nitrogen and oxygen atoms in total. The van der Waals surface area contributed by atoms with E-state index < -0.39 is 5.09 Å². The van der Waals surface area contributed by atoms with E-state index in [1.54, 1.807) is 6.08 Å². The molecule has 0 aromatic carbocycles. The maximum absolute atomic E-state index is 10.0. The van der Waals surface area contributed by atoms with Crippen molar-refractivity contribution in [3.63, 3.8) is 0 Å². The van der Waals surface area contributed by atoms with Gasteiger partial charge in [-0.25, -0.2) is 0 Å². The monoisotopic (exact) mass is 215 g/mol. The summed E-state index contributed by atoms with van der Waals surface area (Å²) in [5.74, 6) is 0. The fourth-order valence-electron chi connectivity index (χ4n) is 0.788. The van der Waals surface area contributed by atoms with Crippen LogP contribution < -0.4 is 0 Å². The normalized spacial score (nSPS) is 9.67. The fourth-order valence-corrected chi connectivity index (χ4v) is 0.788. The summed E-state index contributed by atoms with van der Waals surface area (Å²) in [4.78, 5) is 18.4. The fraction of sp³-hybridized carbons (Fsp3) is 0.500. The average Bonchev–Trinajstić information content (AvgIpc) is 2.02. The zero-order valence-corrected chi connectivity index (χ0v) is 9.27. The summed E-state index contributed by atoms with van der Waals surface area (Å²) >= 11 is 0. The molecule has 86 valence electrons. The van der Waals surface area contributed by atoms with Gasteiger partial charge < -0.3 is 5.21 Å². The van der Waals surface area contributed by atoms with E-state index in [4.69, 9.17) is 15.3 Å². The molecule has 0 saturated carbocycles. The standard InChI is InChI=1S/C10H16O.HNO3/c1-9(2)5-4-6-10(3)7-8-11;2-1(3)4/h5,7-8H,4,6H2,1-3H3;(H,2,3,4)/b10-7-;. The van der Waals surface area contributed by atoms with E-state index in [0.29, 0.717) is 0 Å². The number of nitrogens with zero attached hydrogens (tertiary/aromatic N) is 1. The van der Waals surface area contributed by atoms with Crippen molar-refractivity contribution in [3.05, 3.63) is 33.4 Å². The third kappa shape index (κ3) is 24.5. The van der Waals surface area contributed by atoms with E-state index in [1.807, 2.05) is 6.92 Å². The molecular weight excluding hydrogens is 198 g/mol. The highest BCUT2D eigenvalue weighted by Crippen LogP contribution is 2.05. The highest BCUT2D eigenvalue weighted by atomic mass is 16.9. The van der Waals surface area contributed by atoms with Gasteiger partial charge in [0.15, 0.2) is 0 Å². The maximum Gasteiger partial charge on any atom is 0.291 e. The molecule has 1 N–H and O–H groups in total. The van der Waals surface area contributed by atoms with Crippen molar-refractivity contribution in [1.82, 2.24) is 0 Å². The average molecular weight is 215 g/mol. The summed E-state index contributed by atoms with van der Waals surface area (Å²) in [5.41, 5.74) is 2.49. The highest BCUT2D eigenvalue weighted by molar-refractivity contribution is 5.65. The molecule has 0 amide bonds. The molecular formula is C10H17NO4. The van der Waals surface area contributed by atoms with Crippen LogP contribution in [0.15, 0.2) is 23.3 Å². The second-order valence-electron chi connectivity index (χ2n) is 3.21. The molecule has 0 rings (SSSR count). The largest absolute Gasteiger partial charge is 0.328 e. The van der Waals surface area contributed by atoms with Gasteiger partial charge in [-0.1, -0.05) is 17.2 Å². The van der Waals surface area contributed by atoms with E-state index in [0.717, 1.165) is 24.7 Å². The van der Waals surface area contributed by atoms with Crippen molar-refractivity contribution in [1.29, 1.82) is 0 Å². The van der Waals surface area contributed by atoms with Crippen molar-refractivity contribution in [2.45, 2.75) is 33.6 Å². The van der Waals surface area contributed by atoms with Crippen molar-refractivity contribution in [3.8, 4) is 0 Å². The van der Waals surface area contributed by atoms with Crippen LogP contribution in [-0.2, 0) is 4.79 Å². The van der Waals surface area contributed by atoms with Gasteiger partial charge in [0.25, 0.3) is 5.09 Å². The first kappa shape index (κ1) is 15.8. The van der Waals surface area contributed by atoms with Gasteiger partial charge in [-0.3, -0.25) is 4.79 Å². The Morgan fingerprint density at radius 1 is 1.40 bits per heavy atom. The Kier molecular flexibility index (Phi) is 11.0. The number of carbonyl (C=O) groups excluding carboxylic acids is 1. The Hall–Kier alpha value is -1.65. The quantitative estimate of drug-likeness (QED) is 0.257. The van der Waals surface area contributed by atoms with Gasteiger partial charge in [0, 0.05) is 0 Å². The number of hydrogen-bond acceptors (Lipinski definition) is 3. The van der Waals surface area contributed by atoms with Gasteiger partial charge in [0.05, 0.1) is 0 Å². The third-order valence-electron chi connectivity index (χ3n) is 1.44. The van der Waals surface area contributed by atoms with Crippen LogP contribution in [0.25, 0.3) is 0 Å². The van der Waals surface area contributed by atoms with Crippen LogP contribution in [0, 0.1) is 10.1 Å². The minimum atomic E-state index is -1.50. The summed E-state index contributed by atoms with van der Waals surface area (Å²) in [6, 6.07) is 0. The first-order valence-electron chi connectivity index (χ1n) is 4.47. The van der Waals surface area contributed by atoms with Crippen LogP contribution in [0.4, 0.5) is 0 Å². The molecule has 0 aliphatic rings. The lowest BCUT2D eigenvalue weighted by atomic mass is 10.1. The Bertz CT molecular complexity index is 248. The van der Waals surface area contributed by atoms with Crippen molar-refractivity contribution in [2.24, 2.45) is 0 Å². The summed E-state index contributed by atoms with van der Waals surface area (Å²) in [7, 11) is 0. The van der Waals surface area contributed by atoms with E-state index >= 15 is 0 Å². The molecule has 0 aromatic heterocycles. The highest BCUT2D eigenvalue weighted by Gasteiger charge is 1.86. The molecule has 15 heavy (non-hydrogen) atoms. The Labute approximate surface area is 89.2 Å². The van der Waals surface area contributed by atoms with Gasteiger partial charge in [-0.15, -0.1) is 10.1 Å². The van der Waals surface area contributed by atoms with Crippen LogP contribution >= 0.6 is 0 Å². The number of rotatable bonds is 4. The summed E-state index contributed by atoms with van der Waals surface area (Å²) < 4.78 is 0. The predicted octanol–water partition coefficient (Wildman–Crippen LogP) is 2.53. The van der Waals surface area contributed by atoms with Crippen molar-refractivity contribution in [2.75, 3.05) is 0 Å². The van der Waals surface area contributed by atoms with E-state index in [9.17, 15) is 4.79 Å². The van der Waals surface area contributed by atoms with Gasteiger partial charge in [0.1, 0.15) is 6.29 Å². The first-order chi connectivity index (χ1) is 6.90. The van der Waals surface area contributed by atoms with Crippen LogP contribution in [-0.4, -0.2) is 16.6 Å². The van der Waals surface area contributed by atoms with Crippen molar-refractivity contribution < 1.29 is 15.1 Å². The third-order valence-corrected chi connectivity index (χ3v) is 1.44. The lowest BCUT2D eigenvalue weighted by molar-refractivity contribution is -0.742. The molecule has 0 radical (unpaired) electrons. The molecule has 0 saturated heterocycles. The van der Waals surface area contributed by atoms with Crippen LogP contribution in [0.3, 0.4) is 0 Å². The molecule has 0 aliphatic heterocycles. The van der Waals surface area contributed by atoms with E-state index in [-0.39, 0.29) is 0 Å². The van der Waals surface area contributed by atoms with Gasteiger partial charge in [-0.2, -0.15) is 0 Å². The van der Waals surface area contributed by atoms with Crippen LogP contribution in [0.5, 0.6) is 0 Å². The van der Waals surface area contributed by atoms with Crippen molar-refractivity contribution >= 4 is 6.29 Å². The molecule has 0 heterocycles. The zero-order valence-electron chi connectivity index (χ0n) is 9.27. The van der Waals surface area contributed by atoms with Gasteiger partial charge in [-0.05, 0) is 39.7 Å². The molecule has 0 atom stereocenters. The summed E-state index contributed by atoms with van der Waals surface area (Å²) in [5, 5.41) is 13.6. The predicted molar refractivity (Wildman–Crippen MR) is 57.3 cm³/mol. The number of allylic oxidation sites excluding steroid dienone is 4. The molecule has 0 unspecified atom stereocenters.